The summed E-state index contributed by atoms with van der Waals surface area (Å²) >= 11 is 0. The summed E-state index contributed by atoms with van der Waals surface area (Å²) in [6.45, 7) is 2.25. The van der Waals surface area contributed by atoms with Crippen molar-refractivity contribution >= 4 is 51.8 Å². The molecule has 2 aromatic carbocycles. The van der Waals surface area contributed by atoms with E-state index >= 15 is 0 Å². The van der Waals surface area contributed by atoms with Crippen LogP contribution in [0.3, 0.4) is 0 Å². The minimum absolute atomic E-state index is 0. The summed E-state index contributed by atoms with van der Waals surface area (Å²) in [5.74, 6) is 0.403. The van der Waals surface area contributed by atoms with Crippen molar-refractivity contribution in [1.82, 2.24) is 19.8 Å². The SMILES string of the molecule is Cl.O=C(Nc1nc2cccc(C(=O)N3CCS(O)(O)CC3)c2n1C1CCCCNC1)c1ccccc1. The Morgan fingerprint density at radius 3 is 2.53 bits per heavy atom. The summed E-state index contributed by atoms with van der Waals surface area (Å²) in [6.07, 6.45) is 3.00. The Morgan fingerprint density at radius 1 is 1.03 bits per heavy atom. The zero-order valence-corrected chi connectivity index (χ0v) is 21.6. The molecule has 1 aromatic heterocycles. The number of benzene rings is 2. The highest BCUT2D eigenvalue weighted by molar-refractivity contribution is 8.24. The number of hydrogen-bond donors (Lipinski definition) is 4. The molecule has 2 fully saturated rings. The van der Waals surface area contributed by atoms with E-state index < -0.39 is 10.6 Å². The molecule has 36 heavy (non-hydrogen) atoms. The number of para-hydroxylation sites is 1. The summed E-state index contributed by atoms with van der Waals surface area (Å²) in [7, 11) is -2.61. The molecule has 1 atom stereocenters. The summed E-state index contributed by atoms with van der Waals surface area (Å²) in [5.41, 5.74) is 2.39. The van der Waals surface area contributed by atoms with Gasteiger partial charge in [-0.2, -0.15) is 10.6 Å². The number of anilines is 1. The number of carbonyl (C=O) groups excluding carboxylic acids is 2. The predicted molar refractivity (Wildman–Crippen MR) is 146 cm³/mol. The number of fused-ring (bicyclic) bond motifs is 1. The maximum atomic E-state index is 13.6. The van der Waals surface area contributed by atoms with Crippen molar-refractivity contribution in [2.24, 2.45) is 0 Å². The quantitative estimate of drug-likeness (QED) is 0.398. The number of carbonyl (C=O) groups is 2. The number of nitrogens with one attached hydrogen (secondary N) is 2. The second-order valence-electron chi connectivity index (χ2n) is 9.16. The Morgan fingerprint density at radius 2 is 1.78 bits per heavy atom. The van der Waals surface area contributed by atoms with Crippen LogP contribution < -0.4 is 10.6 Å². The zero-order chi connectivity index (χ0) is 24.4. The second kappa shape index (κ2) is 11.2. The van der Waals surface area contributed by atoms with Gasteiger partial charge in [0.15, 0.2) is 0 Å². The van der Waals surface area contributed by atoms with Gasteiger partial charge in [-0.25, -0.2) is 4.98 Å². The third kappa shape index (κ3) is 5.52. The van der Waals surface area contributed by atoms with Crippen molar-refractivity contribution in [3.05, 3.63) is 59.7 Å². The molecule has 0 radical (unpaired) electrons. The summed E-state index contributed by atoms with van der Waals surface area (Å²) in [4.78, 5) is 33.1. The topological polar surface area (TPSA) is 120 Å². The van der Waals surface area contributed by atoms with Gasteiger partial charge in [0.25, 0.3) is 11.8 Å². The fourth-order valence-corrected chi connectivity index (χ4v) is 6.08. The molecule has 0 saturated carbocycles. The molecular weight excluding hydrogens is 502 g/mol. The van der Waals surface area contributed by atoms with Crippen molar-refractivity contribution in [2.75, 3.05) is 43.0 Å². The van der Waals surface area contributed by atoms with Crippen molar-refractivity contribution < 1.29 is 18.7 Å². The molecule has 1 unspecified atom stereocenters. The van der Waals surface area contributed by atoms with Crippen LogP contribution in [-0.4, -0.2) is 73.1 Å². The Bertz CT molecular complexity index is 1220. The lowest BCUT2D eigenvalue weighted by Gasteiger charge is -2.41. The van der Waals surface area contributed by atoms with E-state index in [4.69, 9.17) is 4.98 Å². The fourth-order valence-electron chi connectivity index (χ4n) is 4.85. The molecule has 3 aromatic rings. The van der Waals surface area contributed by atoms with Gasteiger partial charge < -0.3 is 14.8 Å². The smallest absolute Gasteiger partial charge is 0.257 e. The number of nitrogens with zero attached hydrogens (tertiary/aromatic N) is 3. The normalized spacial score (nSPS) is 20.7. The molecule has 4 N–H and O–H groups in total. The molecule has 2 aliphatic rings. The van der Waals surface area contributed by atoms with E-state index in [0.29, 0.717) is 47.7 Å². The van der Waals surface area contributed by atoms with Gasteiger partial charge in [0.05, 0.1) is 28.1 Å². The van der Waals surface area contributed by atoms with E-state index in [0.717, 1.165) is 25.8 Å². The van der Waals surface area contributed by atoms with Gasteiger partial charge in [0.2, 0.25) is 5.95 Å². The molecule has 5 rings (SSSR count). The van der Waals surface area contributed by atoms with Gasteiger partial charge in [0.1, 0.15) is 0 Å². The van der Waals surface area contributed by atoms with Crippen molar-refractivity contribution in [3.8, 4) is 0 Å². The van der Waals surface area contributed by atoms with Crippen LogP contribution in [0.1, 0.15) is 46.0 Å². The Labute approximate surface area is 218 Å². The fraction of sp³-hybridized carbons (Fsp3) is 0.400. The van der Waals surface area contributed by atoms with Crippen LogP contribution >= 0.6 is 23.0 Å². The summed E-state index contributed by atoms with van der Waals surface area (Å²) in [6, 6.07) is 14.5. The third-order valence-corrected chi connectivity index (χ3v) is 8.42. The van der Waals surface area contributed by atoms with Crippen LogP contribution in [0.15, 0.2) is 48.5 Å². The van der Waals surface area contributed by atoms with Gasteiger partial charge in [-0.05, 0) is 43.7 Å². The van der Waals surface area contributed by atoms with Gasteiger partial charge in [-0.1, -0.05) is 30.7 Å². The maximum Gasteiger partial charge on any atom is 0.257 e. The van der Waals surface area contributed by atoms with Crippen LogP contribution in [0.2, 0.25) is 0 Å². The van der Waals surface area contributed by atoms with E-state index in [-0.39, 0.29) is 41.8 Å². The molecule has 0 aliphatic carbocycles. The molecule has 0 spiro atoms. The van der Waals surface area contributed by atoms with Gasteiger partial charge >= 0.3 is 0 Å². The van der Waals surface area contributed by atoms with Gasteiger partial charge in [0, 0.05) is 31.2 Å². The van der Waals surface area contributed by atoms with Crippen LogP contribution in [0.4, 0.5) is 5.95 Å². The molecule has 9 nitrogen and oxygen atoms in total. The minimum Gasteiger partial charge on any atom is -0.335 e. The van der Waals surface area contributed by atoms with Gasteiger partial charge in [-0.3, -0.25) is 24.0 Å². The monoisotopic (exact) mass is 533 g/mol. The first-order valence-electron chi connectivity index (χ1n) is 12.0. The lowest BCUT2D eigenvalue weighted by molar-refractivity contribution is 0.0769. The zero-order valence-electron chi connectivity index (χ0n) is 19.9. The first-order valence-corrected chi connectivity index (χ1v) is 13.9. The average Bonchev–Trinajstić information content (AvgIpc) is 3.02. The molecule has 11 heteroatoms. The van der Waals surface area contributed by atoms with Crippen LogP contribution in [0, 0.1) is 0 Å². The number of halogens is 1. The van der Waals surface area contributed by atoms with E-state index in [1.807, 2.05) is 28.8 Å². The molecular formula is C25H32ClN5O4S. The average molecular weight is 534 g/mol. The van der Waals surface area contributed by atoms with Crippen LogP contribution in [0.5, 0.6) is 0 Å². The molecule has 2 saturated heterocycles. The Kier molecular flexibility index (Phi) is 8.21. The van der Waals surface area contributed by atoms with Crippen molar-refractivity contribution in [1.29, 1.82) is 0 Å². The molecule has 3 heterocycles. The lowest BCUT2D eigenvalue weighted by Crippen LogP contribution is -2.42. The first-order chi connectivity index (χ1) is 16.9. The van der Waals surface area contributed by atoms with Crippen LogP contribution in [0.25, 0.3) is 11.0 Å². The number of amides is 2. The standard InChI is InChI=1S/C25H31N5O4S.ClH/c31-23(18-7-2-1-3-8-18)28-25-27-21-11-6-10-20(24(32)29-13-15-35(33,34)16-14-29)22(21)30(25)19-9-4-5-12-26-17-19;/h1-3,6-8,10-11,19,26,33-34H,4-5,9,12-17H2,(H,27,28,31);1H. The van der Waals surface area contributed by atoms with Crippen LogP contribution in [-0.2, 0) is 0 Å². The summed E-state index contributed by atoms with van der Waals surface area (Å²) in [5, 5.41) is 6.46. The highest BCUT2D eigenvalue weighted by atomic mass is 35.5. The lowest BCUT2D eigenvalue weighted by atomic mass is 10.1. The van der Waals surface area contributed by atoms with E-state index in [9.17, 15) is 18.7 Å². The Hall–Kier alpha value is -2.63. The Balaban J connectivity index is 0.00000304. The molecule has 2 amide bonds. The van der Waals surface area contributed by atoms with Crippen molar-refractivity contribution in [2.45, 2.75) is 25.3 Å². The molecule has 194 valence electrons. The predicted octanol–water partition coefficient (Wildman–Crippen LogP) is 4.23. The second-order valence-corrected chi connectivity index (χ2v) is 11.6. The number of hydrogen-bond acceptors (Lipinski definition) is 6. The first kappa shape index (κ1) is 26.4. The highest BCUT2D eigenvalue weighted by Crippen LogP contribution is 2.41. The molecule has 2 aliphatic heterocycles. The minimum atomic E-state index is -2.61. The largest absolute Gasteiger partial charge is 0.335 e. The highest BCUT2D eigenvalue weighted by Gasteiger charge is 2.30. The van der Waals surface area contributed by atoms with Crippen molar-refractivity contribution in [3.63, 3.8) is 0 Å². The number of rotatable bonds is 4. The number of aromatic nitrogens is 2. The van der Waals surface area contributed by atoms with Gasteiger partial charge in [-0.15, -0.1) is 12.4 Å². The number of imidazole rings is 1. The van der Waals surface area contributed by atoms with E-state index in [2.05, 4.69) is 10.6 Å². The molecule has 0 bridgehead atoms. The summed E-state index contributed by atoms with van der Waals surface area (Å²) < 4.78 is 22.0. The van der Waals surface area contributed by atoms with E-state index in [1.54, 1.807) is 29.2 Å². The maximum absolute atomic E-state index is 13.6. The third-order valence-electron chi connectivity index (χ3n) is 6.75. The van der Waals surface area contributed by atoms with E-state index in [1.165, 1.54) is 0 Å².